The van der Waals surface area contributed by atoms with E-state index in [9.17, 15) is 14.4 Å². The average molecular weight is 343 g/mol. The molecule has 2 fully saturated rings. The molecule has 3 N–H and O–H groups in total. The number of anilines is 1. The van der Waals surface area contributed by atoms with Crippen LogP contribution < -0.4 is 16.0 Å². The number of hydrogen-bond donors (Lipinski definition) is 3. The monoisotopic (exact) mass is 343 g/mol. The number of aryl methyl sites for hydroxylation is 1. The molecule has 2 aliphatic rings. The minimum atomic E-state index is -0.174. The summed E-state index contributed by atoms with van der Waals surface area (Å²) >= 11 is 0. The van der Waals surface area contributed by atoms with Gasteiger partial charge >= 0.3 is 0 Å². The molecule has 3 amide bonds. The second-order valence-electron chi connectivity index (χ2n) is 7.19. The Morgan fingerprint density at radius 1 is 1.20 bits per heavy atom. The molecule has 3 rings (SSSR count). The van der Waals surface area contributed by atoms with E-state index in [0.29, 0.717) is 29.8 Å². The highest BCUT2D eigenvalue weighted by Gasteiger charge is 2.38. The van der Waals surface area contributed by atoms with E-state index in [1.54, 1.807) is 12.1 Å². The van der Waals surface area contributed by atoms with Gasteiger partial charge in [0.2, 0.25) is 11.8 Å². The summed E-state index contributed by atoms with van der Waals surface area (Å²) < 4.78 is 0. The summed E-state index contributed by atoms with van der Waals surface area (Å²) in [4.78, 5) is 36.0. The Labute approximate surface area is 147 Å². The maximum Gasteiger partial charge on any atom is 0.251 e. The number of carbonyl (C=O) groups is 3. The van der Waals surface area contributed by atoms with E-state index in [1.165, 1.54) is 0 Å². The van der Waals surface area contributed by atoms with Crippen LogP contribution in [0.25, 0.3) is 0 Å². The maximum atomic E-state index is 12.1. The van der Waals surface area contributed by atoms with Crippen LogP contribution in [0.3, 0.4) is 0 Å². The first kappa shape index (κ1) is 17.5. The molecule has 25 heavy (non-hydrogen) atoms. The Hall–Kier alpha value is -2.37. The zero-order valence-corrected chi connectivity index (χ0v) is 14.7. The van der Waals surface area contributed by atoms with Crippen molar-refractivity contribution < 1.29 is 14.4 Å². The first-order valence-electron chi connectivity index (χ1n) is 8.93. The van der Waals surface area contributed by atoms with E-state index in [4.69, 9.17) is 0 Å². The number of carbonyl (C=O) groups excluding carboxylic acids is 3. The minimum Gasteiger partial charge on any atom is -0.355 e. The van der Waals surface area contributed by atoms with Crippen molar-refractivity contribution >= 4 is 23.4 Å². The van der Waals surface area contributed by atoms with Gasteiger partial charge in [0, 0.05) is 36.2 Å². The van der Waals surface area contributed by atoms with E-state index in [0.717, 1.165) is 24.8 Å². The molecule has 0 unspecified atom stereocenters. The van der Waals surface area contributed by atoms with Crippen LogP contribution in [0.4, 0.5) is 5.69 Å². The van der Waals surface area contributed by atoms with Gasteiger partial charge in [-0.25, -0.2) is 0 Å². The SMILES string of the molecule is Cc1ccc(C(=O)NC2CC2)cc1NC(=O)CCNC(=O)[C@@H]1C[C@@H]1C. The average Bonchev–Trinajstić information content (AvgIpc) is 3.47. The molecule has 2 atom stereocenters. The molecule has 6 heteroatoms. The zero-order valence-electron chi connectivity index (χ0n) is 14.7. The summed E-state index contributed by atoms with van der Waals surface area (Å²) in [5.74, 6) is 0.332. The minimum absolute atomic E-state index is 0.0372. The van der Waals surface area contributed by atoms with Crippen LogP contribution in [0.15, 0.2) is 18.2 Å². The van der Waals surface area contributed by atoms with Crippen LogP contribution in [0.2, 0.25) is 0 Å². The lowest BCUT2D eigenvalue weighted by atomic mass is 10.1. The number of hydrogen-bond acceptors (Lipinski definition) is 3. The molecular formula is C19H25N3O3. The lowest BCUT2D eigenvalue weighted by Gasteiger charge is -2.11. The van der Waals surface area contributed by atoms with Gasteiger partial charge in [-0.15, -0.1) is 0 Å². The summed E-state index contributed by atoms with van der Waals surface area (Å²) in [6.45, 7) is 4.26. The van der Waals surface area contributed by atoms with Crippen LogP contribution in [0, 0.1) is 18.8 Å². The van der Waals surface area contributed by atoms with E-state index in [-0.39, 0.29) is 30.1 Å². The molecule has 0 radical (unpaired) electrons. The van der Waals surface area contributed by atoms with E-state index >= 15 is 0 Å². The van der Waals surface area contributed by atoms with Crippen molar-refractivity contribution in [2.75, 3.05) is 11.9 Å². The Morgan fingerprint density at radius 3 is 2.56 bits per heavy atom. The van der Waals surface area contributed by atoms with Gasteiger partial charge in [-0.05, 0) is 49.8 Å². The van der Waals surface area contributed by atoms with Gasteiger partial charge in [0.1, 0.15) is 0 Å². The third-order valence-electron chi connectivity index (χ3n) is 4.78. The molecule has 0 saturated heterocycles. The summed E-state index contributed by atoms with van der Waals surface area (Å²) in [7, 11) is 0. The molecule has 2 saturated carbocycles. The first-order chi connectivity index (χ1) is 11.9. The van der Waals surface area contributed by atoms with Gasteiger partial charge in [-0.3, -0.25) is 14.4 Å². The molecule has 1 aromatic rings. The largest absolute Gasteiger partial charge is 0.355 e. The van der Waals surface area contributed by atoms with E-state index < -0.39 is 0 Å². The molecule has 0 aromatic heterocycles. The molecular weight excluding hydrogens is 318 g/mol. The van der Waals surface area contributed by atoms with Crippen LogP contribution in [-0.4, -0.2) is 30.3 Å². The number of benzene rings is 1. The summed E-state index contributed by atoms with van der Waals surface area (Å²) in [6, 6.07) is 5.59. The van der Waals surface area contributed by atoms with Crippen molar-refractivity contribution in [1.82, 2.24) is 10.6 Å². The van der Waals surface area contributed by atoms with Gasteiger partial charge in [0.05, 0.1) is 0 Å². The maximum absolute atomic E-state index is 12.1. The lowest BCUT2D eigenvalue weighted by molar-refractivity contribution is -0.122. The highest BCUT2D eigenvalue weighted by atomic mass is 16.2. The molecule has 1 aromatic carbocycles. The van der Waals surface area contributed by atoms with Crippen molar-refractivity contribution in [3.05, 3.63) is 29.3 Å². The topological polar surface area (TPSA) is 87.3 Å². The predicted molar refractivity (Wildman–Crippen MR) is 95.2 cm³/mol. The van der Waals surface area contributed by atoms with E-state index in [1.807, 2.05) is 19.9 Å². The van der Waals surface area contributed by atoms with Gasteiger partial charge < -0.3 is 16.0 Å². The van der Waals surface area contributed by atoms with Crippen LogP contribution in [0.5, 0.6) is 0 Å². The van der Waals surface area contributed by atoms with Crippen LogP contribution in [0.1, 0.15) is 48.5 Å². The quantitative estimate of drug-likeness (QED) is 0.707. The molecule has 2 aliphatic carbocycles. The summed E-state index contributed by atoms with van der Waals surface area (Å²) in [5, 5.41) is 8.57. The number of nitrogens with one attached hydrogen (secondary N) is 3. The Balaban J connectivity index is 1.49. The molecule has 0 bridgehead atoms. The van der Waals surface area contributed by atoms with Crippen molar-refractivity contribution in [3.8, 4) is 0 Å². The summed E-state index contributed by atoms with van der Waals surface area (Å²) in [6.07, 6.45) is 3.22. The van der Waals surface area contributed by atoms with Crippen molar-refractivity contribution in [1.29, 1.82) is 0 Å². The van der Waals surface area contributed by atoms with Crippen molar-refractivity contribution in [2.24, 2.45) is 11.8 Å². The number of rotatable bonds is 7. The van der Waals surface area contributed by atoms with Gasteiger partial charge in [-0.2, -0.15) is 0 Å². The second kappa shape index (κ2) is 7.25. The molecule has 0 heterocycles. The van der Waals surface area contributed by atoms with Crippen LogP contribution >= 0.6 is 0 Å². The fraction of sp³-hybridized carbons (Fsp3) is 0.526. The van der Waals surface area contributed by atoms with Gasteiger partial charge in [0.15, 0.2) is 0 Å². The van der Waals surface area contributed by atoms with Gasteiger partial charge in [-0.1, -0.05) is 13.0 Å². The summed E-state index contributed by atoms with van der Waals surface area (Å²) in [5.41, 5.74) is 2.08. The smallest absolute Gasteiger partial charge is 0.251 e. The normalized spacial score (nSPS) is 21.4. The van der Waals surface area contributed by atoms with Crippen molar-refractivity contribution in [3.63, 3.8) is 0 Å². The standard InChI is InChI=1S/C19H25N3O3/c1-11-3-4-13(18(24)21-14-5-6-14)10-16(11)22-17(23)7-8-20-19(25)15-9-12(15)2/h3-4,10,12,14-15H,5-9H2,1-2H3,(H,20,25)(H,21,24)(H,22,23)/t12-,15+/m0/s1. The Morgan fingerprint density at radius 2 is 1.92 bits per heavy atom. The molecule has 0 spiro atoms. The Bertz CT molecular complexity index is 697. The fourth-order valence-corrected chi connectivity index (χ4v) is 2.72. The van der Waals surface area contributed by atoms with Crippen LogP contribution in [-0.2, 0) is 9.59 Å². The van der Waals surface area contributed by atoms with Gasteiger partial charge in [0.25, 0.3) is 5.91 Å². The molecule has 134 valence electrons. The zero-order chi connectivity index (χ0) is 18.0. The predicted octanol–water partition coefficient (Wildman–Crippen LogP) is 1.99. The highest BCUT2D eigenvalue weighted by Crippen LogP contribution is 2.37. The fourth-order valence-electron chi connectivity index (χ4n) is 2.72. The number of amides is 3. The first-order valence-corrected chi connectivity index (χ1v) is 8.93. The Kier molecular flexibility index (Phi) is 5.06. The van der Waals surface area contributed by atoms with E-state index in [2.05, 4.69) is 16.0 Å². The third kappa shape index (κ3) is 4.81. The third-order valence-corrected chi connectivity index (χ3v) is 4.78. The van der Waals surface area contributed by atoms with Crippen molar-refractivity contribution in [2.45, 2.75) is 45.6 Å². The molecule has 0 aliphatic heterocycles. The lowest BCUT2D eigenvalue weighted by Crippen LogP contribution is -2.29. The highest BCUT2D eigenvalue weighted by molar-refractivity contribution is 5.98. The molecule has 6 nitrogen and oxygen atoms in total. The second-order valence-corrected chi connectivity index (χ2v) is 7.19.